The highest BCUT2D eigenvalue weighted by Gasteiger charge is 2.30. The number of aliphatic hydroxyl groups excluding tert-OH is 1. The van der Waals surface area contributed by atoms with Gasteiger partial charge in [-0.3, -0.25) is 5.41 Å². The van der Waals surface area contributed by atoms with Crippen LogP contribution in [0.3, 0.4) is 0 Å². The number of hydrogen-bond donors (Lipinski definition) is 4. The molecule has 1 aliphatic rings. The van der Waals surface area contributed by atoms with E-state index in [1.54, 1.807) is 12.3 Å². The Bertz CT molecular complexity index is 834. The Morgan fingerprint density at radius 1 is 1.33 bits per heavy atom. The van der Waals surface area contributed by atoms with Crippen LogP contribution in [0.1, 0.15) is 30.4 Å². The second-order valence-corrected chi connectivity index (χ2v) is 6.68. The third-order valence-corrected chi connectivity index (χ3v) is 4.73. The first kappa shape index (κ1) is 18.7. The van der Waals surface area contributed by atoms with E-state index < -0.39 is 6.10 Å². The van der Waals surface area contributed by atoms with Gasteiger partial charge in [0.15, 0.2) is 0 Å². The molecule has 7 nitrogen and oxygen atoms in total. The summed E-state index contributed by atoms with van der Waals surface area (Å²) in [6, 6.07) is 13.5. The van der Waals surface area contributed by atoms with Crippen LogP contribution in [0.5, 0.6) is 5.88 Å². The van der Waals surface area contributed by atoms with Gasteiger partial charge in [-0.2, -0.15) is 5.26 Å². The lowest BCUT2D eigenvalue weighted by atomic mass is 9.83. The van der Waals surface area contributed by atoms with Crippen LogP contribution in [0.2, 0.25) is 0 Å². The van der Waals surface area contributed by atoms with Crippen LogP contribution >= 0.6 is 0 Å². The molecule has 0 bridgehead atoms. The van der Waals surface area contributed by atoms with Crippen LogP contribution in [-0.2, 0) is 6.61 Å². The SMILES string of the molecule is N#CC1C[C@@H](O)CC[C@H]1Nc1ccnc(OCc2ccccc2)c1C(=N)N. The minimum atomic E-state index is -0.442. The fourth-order valence-electron chi connectivity index (χ4n) is 3.32. The quantitative estimate of drug-likeness (QED) is 0.460. The van der Waals surface area contributed by atoms with Crippen LogP contribution < -0.4 is 15.8 Å². The predicted octanol–water partition coefficient (Wildman–Crippen LogP) is 2.41. The molecule has 2 aromatic rings. The van der Waals surface area contributed by atoms with E-state index >= 15 is 0 Å². The van der Waals surface area contributed by atoms with Gasteiger partial charge in [-0.05, 0) is 30.9 Å². The lowest BCUT2D eigenvalue weighted by molar-refractivity contribution is 0.109. The number of nitrogens with zero attached hydrogens (tertiary/aromatic N) is 2. The molecule has 1 fully saturated rings. The number of aromatic nitrogens is 1. The van der Waals surface area contributed by atoms with Crippen molar-refractivity contribution in [2.24, 2.45) is 11.7 Å². The third kappa shape index (κ3) is 4.54. The maximum Gasteiger partial charge on any atom is 0.226 e. The van der Waals surface area contributed by atoms with Crippen LogP contribution in [0.4, 0.5) is 5.69 Å². The normalized spacial score (nSPS) is 21.9. The summed E-state index contributed by atoms with van der Waals surface area (Å²) >= 11 is 0. The summed E-state index contributed by atoms with van der Waals surface area (Å²) in [4.78, 5) is 4.23. The average Bonchev–Trinajstić information content (AvgIpc) is 2.68. The number of benzene rings is 1. The van der Waals surface area contributed by atoms with Crippen molar-refractivity contribution in [1.82, 2.24) is 4.98 Å². The zero-order chi connectivity index (χ0) is 19.2. The molecule has 5 N–H and O–H groups in total. The molecular formula is C20H23N5O2. The number of nitrogens with one attached hydrogen (secondary N) is 2. The Labute approximate surface area is 158 Å². The minimum absolute atomic E-state index is 0.124. The van der Waals surface area contributed by atoms with Gasteiger partial charge in [-0.15, -0.1) is 0 Å². The van der Waals surface area contributed by atoms with E-state index in [0.29, 0.717) is 37.1 Å². The zero-order valence-corrected chi connectivity index (χ0v) is 14.9. The predicted molar refractivity (Wildman–Crippen MR) is 102 cm³/mol. The second kappa shape index (κ2) is 8.52. The molecule has 0 amide bonds. The van der Waals surface area contributed by atoms with Crippen LogP contribution in [0.15, 0.2) is 42.6 Å². The summed E-state index contributed by atoms with van der Waals surface area (Å²) in [6.45, 7) is 0.314. The molecule has 0 spiro atoms. The monoisotopic (exact) mass is 365 g/mol. The molecule has 1 aromatic heterocycles. The van der Waals surface area contributed by atoms with Gasteiger partial charge in [-0.25, -0.2) is 4.98 Å². The van der Waals surface area contributed by atoms with Crippen molar-refractivity contribution < 1.29 is 9.84 Å². The first-order valence-corrected chi connectivity index (χ1v) is 8.93. The van der Waals surface area contributed by atoms with Gasteiger partial charge in [0.05, 0.1) is 23.8 Å². The number of pyridine rings is 1. The maximum absolute atomic E-state index is 9.80. The molecular weight excluding hydrogens is 342 g/mol. The van der Waals surface area contributed by atoms with Gasteiger partial charge in [0.2, 0.25) is 5.88 Å². The Morgan fingerprint density at radius 2 is 2.11 bits per heavy atom. The average molecular weight is 365 g/mol. The van der Waals surface area contributed by atoms with Gasteiger partial charge in [-0.1, -0.05) is 30.3 Å². The number of nitriles is 1. The topological polar surface area (TPSA) is 128 Å². The van der Waals surface area contributed by atoms with E-state index in [-0.39, 0.29) is 23.7 Å². The van der Waals surface area contributed by atoms with E-state index in [1.165, 1.54) is 0 Å². The summed E-state index contributed by atoms with van der Waals surface area (Å²) in [5, 5.41) is 30.5. The minimum Gasteiger partial charge on any atom is -0.472 e. The van der Waals surface area contributed by atoms with E-state index in [4.69, 9.17) is 15.9 Å². The Hall–Kier alpha value is -3.11. The van der Waals surface area contributed by atoms with Gasteiger partial charge in [0, 0.05) is 12.2 Å². The van der Waals surface area contributed by atoms with Crippen molar-refractivity contribution in [1.29, 1.82) is 10.7 Å². The van der Waals surface area contributed by atoms with Crippen molar-refractivity contribution in [2.45, 2.75) is 38.0 Å². The molecule has 1 unspecified atom stereocenters. The van der Waals surface area contributed by atoms with Gasteiger partial charge in [0.25, 0.3) is 0 Å². The number of anilines is 1. The van der Waals surface area contributed by atoms with Crippen molar-refractivity contribution in [3.8, 4) is 11.9 Å². The number of hydrogen-bond acceptors (Lipinski definition) is 6. The molecule has 1 saturated carbocycles. The smallest absolute Gasteiger partial charge is 0.226 e. The molecule has 27 heavy (non-hydrogen) atoms. The number of aliphatic hydroxyl groups is 1. The van der Waals surface area contributed by atoms with E-state index in [1.807, 2.05) is 30.3 Å². The standard InChI is InChI=1S/C20H23N5O2/c21-11-14-10-15(26)6-7-16(14)25-17-8-9-24-20(18(17)19(22)23)27-12-13-4-2-1-3-5-13/h1-5,8-9,14-16,26H,6-7,10,12H2,(H3,22,23)(H,24,25)/t14?,15-,16+/m0/s1. The van der Waals surface area contributed by atoms with Gasteiger partial charge < -0.3 is 20.9 Å². The molecule has 1 heterocycles. The van der Waals surface area contributed by atoms with E-state index in [2.05, 4.69) is 16.4 Å². The first-order chi connectivity index (χ1) is 13.1. The number of nitrogen functional groups attached to an aromatic ring is 1. The van der Waals surface area contributed by atoms with Gasteiger partial charge in [0.1, 0.15) is 18.0 Å². The van der Waals surface area contributed by atoms with E-state index in [9.17, 15) is 10.4 Å². The van der Waals surface area contributed by atoms with Crippen LogP contribution in [0.25, 0.3) is 0 Å². The van der Waals surface area contributed by atoms with E-state index in [0.717, 1.165) is 5.56 Å². The van der Waals surface area contributed by atoms with Crippen LogP contribution in [-0.4, -0.2) is 28.1 Å². The van der Waals surface area contributed by atoms with Crippen LogP contribution in [0, 0.1) is 22.7 Å². The molecule has 1 aliphatic carbocycles. The molecule has 3 atom stereocenters. The zero-order valence-electron chi connectivity index (χ0n) is 14.9. The summed E-state index contributed by atoms with van der Waals surface area (Å²) in [5.74, 6) is -0.186. The molecule has 140 valence electrons. The number of ether oxygens (including phenoxy) is 1. The lowest BCUT2D eigenvalue weighted by Crippen LogP contribution is -2.37. The largest absolute Gasteiger partial charge is 0.472 e. The van der Waals surface area contributed by atoms with Gasteiger partial charge >= 0.3 is 0 Å². The highest BCUT2D eigenvalue weighted by molar-refractivity contribution is 6.02. The molecule has 1 aromatic carbocycles. The fraction of sp³-hybridized carbons (Fsp3) is 0.350. The summed E-state index contributed by atoms with van der Waals surface area (Å²) in [7, 11) is 0. The van der Waals surface area contributed by atoms with Crippen molar-refractivity contribution in [3.05, 3.63) is 53.7 Å². The number of rotatable bonds is 6. The molecule has 7 heteroatoms. The number of amidine groups is 1. The summed E-state index contributed by atoms with van der Waals surface area (Å²) in [5.41, 5.74) is 7.78. The Balaban J connectivity index is 1.81. The fourth-order valence-corrected chi connectivity index (χ4v) is 3.32. The second-order valence-electron chi connectivity index (χ2n) is 6.68. The first-order valence-electron chi connectivity index (χ1n) is 8.93. The highest BCUT2D eigenvalue weighted by atomic mass is 16.5. The van der Waals surface area contributed by atoms with Crippen molar-refractivity contribution in [2.75, 3.05) is 5.32 Å². The summed E-state index contributed by atoms with van der Waals surface area (Å²) < 4.78 is 5.81. The molecule has 0 saturated heterocycles. The molecule has 3 rings (SSSR count). The maximum atomic E-state index is 9.80. The Morgan fingerprint density at radius 3 is 2.81 bits per heavy atom. The molecule has 0 aliphatic heterocycles. The molecule has 0 radical (unpaired) electrons. The summed E-state index contributed by atoms with van der Waals surface area (Å²) in [6.07, 6.45) is 2.88. The van der Waals surface area contributed by atoms with Crippen molar-refractivity contribution in [3.63, 3.8) is 0 Å². The highest BCUT2D eigenvalue weighted by Crippen LogP contribution is 2.31. The lowest BCUT2D eigenvalue weighted by Gasteiger charge is -2.32. The third-order valence-electron chi connectivity index (χ3n) is 4.73. The Kier molecular flexibility index (Phi) is 5.89. The number of nitrogens with two attached hydrogens (primary N) is 1. The van der Waals surface area contributed by atoms with Crippen molar-refractivity contribution >= 4 is 11.5 Å².